The molecule has 4 aromatic carbocycles. The van der Waals surface area contributed by atoms with Gasteiger partial charge in [0.05, 0.1) is 22.5 Å². The Balaban J connectivity index is 0.000000133. The molecule has 0 amide bonds. The number of benzene rings is 4. The molecule has 9 rings (SSSR count). The predicted molar refractivity (Wildman–Crippen MR) is 206 cm³/mol. The first-order valence-electron chi connectivity index (χ1n) is 16.6. The van der Waals surface area contributed by atoms with Gasteiger partial charge in [-0.1, -0.05) is 104 Å². The van der Waals surface area contributed by atoms with Gasteiger partial charge in [0.2, 0.25) is 0 Å². The maximum Gasteiger partial charge on any atom is 3.00 e. The van der Waals surface area contributed by atoms with E-state index in [-0.39, 0.29) is 19.5 Å². The molecule has 4 aromatic heterocycles. The van der Waals surface area contributed by atoms with Crippen molar-refractivity contribution >= 4 is 55.6 Å². The van der Waals surface area contributed by atoms with E-state index >= 15 is 0 Å². The molecule has 0 fully saturated rings. The molecule has 7 nitrogen and oxygen atoms in total. The molecule has 51 heavy (non-hydrogen) atoms. The van der Waals surface area contributed by atoms with Crippen molar-refractivity contribution in [2.24, 2.45) is 0 Å². The van der Waals surface area contributed by atoms with Crippen molar-refractivity contribution in [2.45, 2.75) is 13.3 Å². The van der Waals surface area contributed by atoms with E-state index in [9.17, 15) is 0 Å². The number of hydrogen-bond acceptors (Lipinski definition) is 7. The fraction of sp³-hybridized carbons (Fsp3) is 0.0698. The van der Waals surface area contributed by atoms with E-state index < -0.39 is 0 Å². The molecule has 248 valence electrons. The summed E-state index contributed by atoms with van der Waals surface area (Å²) in [7, 11) is 0. The molecule has 8 aromatic rings. The quantitative estimate of drug-likeness (QED) is 0.138. The van der Waals surface area contributed by atoms with E-state index in [1.54, 1.807) is 24.8 Å². The Hall–Kier alpha value is -5.98. The molecule has 8 heteroatoms. The summed E-state index contributed by atoms with van der Waals surface area (Å²) in [6.45, 7) is 3.08. The molecule has 0 spiro atoms. The smallest absolute Gasteiger partial charge is 0.311 e. The second-order valence-electron chi connectivity index (χ2n) is 11.7. The summed E-state index contributed by atoms with van der Waals surface area (Å²) in [5, 5.41) is 21.1. The van der Waals surface area contributed by atoms with Crippen molar-refractivity contribution in [1.29, 1.82) is 10.8 Å². The van der Waals surface area contributed by atoms with Crippen molar-refractivity contribution in [3.8, 4) is 11.1 Å². The van der Waals surface area contributed by atoms with Crippen molar-refractivity contribution in [1.82, 2.24) is 19.9 Å². The summed E-state index contributed by atoms with van der Waals surface area (Å²) < 4.78 is 0. The maximum atomic E-state index is 8.36. The molecule has 1 aliphatic rings. The number of nitrogens with one attached hydrogen (secondary N) is 2. The zero-order valence-corrected chi connectivity index (χ0v) is 29.6. The van der Waals surface area contributed by atoms with Crippen LogP contribution in [0.15, 0.2) is 158 Å². The fourth-order valence-corrected chi connectivity index (χ4v) is 6.24. The minimum atomic E-state index is 0. The van der Waals surface area contributed by atoms with Crippen molar-refractivity contribution in [3.63, 3.8) is 0 Å². The number of aromatic nitrogens is 4. The first kappa shape index (κ1) is 34.9. The molecular weight excluding hydrogens is 717 g/mol. The van der Waals surface area contributed by atoms with Gasteiger partial charge >= 0.3 is 19.5 Å². The SMILES string of the molecule is CCCN(c1ccccn1)c1ccccn1.N=C1C(=N)c2c(ccc3ccccc23)-c2ccccc21.[Rh+3].c1cnc2c(c1)ccc1cccnc12. The summed E-state index contributed by atoms with van der Waals surface area (Å²) in [4.78, 5) is 19.5. The van der Waals surface area contributed by atoms with E-state index in [1.165, 1.54) is 0 Å². The summed E-state index contributed by atoms with van der Waals surface area (Å²) in [6.07, 6.45) is 8.28. The summed E-state index contributed by atoms with van der Waals surface area (Å²) in [6, 6.07) is 44.1. The van der Waals surface area contributed by atoms with E-state index in [1.807, 2.05) is 97.1 Å². The molecule has 0 radical (unpaired) electrons. The van der Waals surface area contributed by atoms with E-state index in [0.717, 1.165) is 79.4 Å². The first-order valence-corrected chi connectivity index (χ1v) is 16.6. The van der Waals surface area contributed by atoms with Gasteiger partial charge in [-0.05, 0) is 64.7 Å². The summed E-state index contributed by atoms with van der Waals surface area (Å²) in [5.74, 6) is 1.89. The van der Waals surface area contributed by atoms with Gasteiger partial charge in [0, 0.05) is 53.2 Å². The molecule has 0 unspecified atom stereocenters. The normalized spacial score (nSPS) is 11.3. The van der Waals surface area contributed by atoms with E-state index in [4.69, 9.17) is 10.8 Å². The van der Waals surface area contributed by atoms with Gasteiger partial charge in [-0.15, -0.1) is 0 Å². The average Bonchev–Trinajstić information content (AvgIpc) is 3.20. The molecule has 0 aliphatic heterocycles. The third-order valence-corrected chi connectivity index (χ3v) is 8.56. The van der Waals surface area contributed by atoms with Crippen molar-refractivity contribution in [3.05, 3.63) is 169 Å². The first-order chi connectivity index (χ1) is 24.6. The van der Waals surface area contributed by atoms with Gasteiger partial charge in [-0.3, -0.25) is 20.8 Å². The van der Waals surface area contributed by atoms with Crippen LogP contribution in [0.25, 0.3) is 43.7 Å². The molecule has 0 saturated carbocycles. The van der Waals surface area contributed by atoms with Crippen molar-refractivity contribution in [2.75, 3.05) is 11.4 Å². The number of pyridine rings is 4. The number of nitrogens with zero attached hydrogens (tertiary/aromatic N) is 5. The number of anilines is 2. The van der Waals surface area contributed by atoms with E-state index in [2.05, 4.69) is 68.2 Å². The maximum absolute atomic E-state index is 8.36. The Morgan fingerprint density at radius 2 is 0.980 bits per heavy atom. The largest absolute Gasteiger partial charge is 3.00 e. The van der Waals surface area contributed by atoms with Crippen LogP contribution in [0.4, 0.5) is 11.6 Å². The van der Waals surface area contributed by atoms with Gasteiger partial charge in [0.1, 0.15) is 11.6 Å². The fourth-order valence-electron chi connectivity index (χ4n) is 6.24. The third-order valence-electron chi connectivity index (χ3n) is 8.56. The van der Waals surface area contributed by atoms with Gasteiger partial charge in [0.25, 0.3) is 0 Å². The number of fused-ring (bicyclic) bond motifs is 8. The van der Waals surface area contributed by atoms with Gasteiger partial charge in [-0.25, -0.2) is 9.97 Å². The summed E-state index contributed by atoms with van der Waals surface area (Å²) >= 11 is 0. The van der Waals surface area contributed by atoms with Crippen LogP contribution >= 0.6 is 0 Å². The molecule has 0 bridgehead atoms. The molecule has 2 N–H and O–H groups in total. The van der Waals surface area contributed by atoms with Crippen LogP contribution < -0.4 is 4.90 Å². The standard InChI is InChI=1S/C18H12N2.C13H15N3.C12H8N2.Rh/c19-17-15-8-4-3-7-13(15)14-10-9-11-5-1-2-6-12(11)16(14)18(17)20;1-2-11-16(12-7-3-5-9-14-12)13-8-4-6-10-15-13;1-3-9-5-6-10-4-2-8-14-12(10)11(9)13-7-1;/h1-10,19-20H;3-10H,2,11H2,1H3;1-8H;/q;;;+3. The van der Waals surface area contributed by atoms with Crippen LogP contribution in [-0.2, 0) is 19.5 Å². The molecular formula is C43H35N7Rh+3. The van der Waals surface area contributed by atoms with Crippen LogP contribution in [0.5, 0.6) is 0 Å². The second-order valence-corrected chi connectivity index (χ2v) is 11.7. The predicted octanol–water partition coefficient (Wildman–Crippen LogP) is 10.1. The molecule has 0 atom stereocenters. The molecule has 1 aliphatic carbocycles. The van der Waals surface area contributed by atoms with Crippen LogP contribution in [0.3, 0.4) is 0 Å². The minimum Gasteiger partial charge on any atom is -0.311 e. The minimum absolute atomic E-state index is 0. The van der Waals surface area contributed by atoms with Crippen LogP contribution in [0.2, 0.25) is 0 Å². The Labute approximate surface area is 309 Å². The van der Waals surface area contributed by atoms with Crippen LogP contribution in [-0.4, -0.2) is 37.9 Å². The second kappa shape index (κ2) is 16.2. The molecule has 0 saturated heterocycles. The summed E-state index contributed by atoms with van der Waals surface area (Å²) in [5.41, 5.74) is 6.41. The Morgan fingerprint density at radius 3 is 1.57 bits per heavy atom. The Bertz CT molecular complexity index is 2360. The average molecular weight is 753 g/mol. The monoisotopic (exact) mass is 752 g/mol. The topological polar surface area (TPSA) is 102 Å². The van der Waals surface area contributed by atoms with Crippen LogP contribution in [0, 0.1) is 10.8 Å². The van der Waals surface area contributed by atoms with Gasteiger partial charge < -0.3 is 4.90 Å². The third kappa shape index (κ3) is 7.32. The van der Waals surface area contributed by atoms with Crippen LogP contribution in [0.1, 0.15) is 24.5 Å². The Morgan fingerprint density at radius 1 is 0.471 bits per heavy atom. The Kier molecular flexibility index (Phi) is 11.0. The van der Waals surface area contributed by atoms with E-state index in [0.29, 0.717) is 11.4 Å². The number of rotatable bonds is 4. The van der Waals surface area contributed by atoms with Crippen molar-refractivity contribution < 1.29 is 19.5 Å². The van der Waals surface area contributed by atoms with Gasteiger partial charge in [0.15, 0.2) is 0 Å². The number of hydrogen-bond donors (Lipinski definition) is 2. The molecule has 4 heterocycles. The van der Waals surface area contributed by atoms with Gasteiger partial charge in [-0.2, -0.15) is 0 Å². The zero-order chi connectivity index (χ0) is 34.3. The zero-order valence-electron chi connectivity index (χ0n) is 28.0.